The molecule has 0 bridgehead atoms. The van der Waals surface area contributed by atoms with Crippen LogP contribution in [0.5, 0.6) is 0 Å². The number of nitrogens with two attached hydrogens (primary N) is 1. The number of benzene rings is 2. The quantitative estimate of drug-likeness (QED) is 0.535. The van der Waals surface area contributed by atoms with Gasteiger partial charge in [-0.05, 0) is 39.2 Å². The first-order chi connectivity index (χ1) is 13.9. The third-order valence-corrected chi connectivity index (χ3v) is 4.61. The summed E-state index contributed by atoms with van der Waals surface area (Å²) >= 11 is 0. The first-order valence-electron chi connectivity index (χ1n) is 9.89. The summed E-state index contributed by atoms with van der Waals surface area (Å²) in [6, 6.07) is 19.7. The van der Waals surface area contributed by atoms with Crippen molar-refractivity contribution in [3.05, 3.63) is 66.2 Å². The lowest BCUT2D eigenvalue weighted by Crippen LogP contribution is -2.30. The van der Waals surface area contributed by atoms with Crippen LogP contribution in [0.3, 0.4) is 0 Å². The SMILES string of the molecule is CC(C)(C)n1nc(-c2ccccc2)c(NC(=O)NCCCc2ccccc2)c1N. The van der Waals surface area contributed by atoms with Crippen LogP contribution in [-0.2, 0) is 12.0 Å². The van der Waals surface area contributed by atoms with Crippen molar-refractivity contribution >= 4 is 17.5 Å². The number of carbonyl (C=O) groups excluding carboxylic acids is 1. The third-order valence-electron chi connectivity index (χ3n) is 4.61. The van der Waals surface area contributed by atoms with Gasteiger partial charge in [0.05, 0.1) is 5.54 Å². The zero-order valence-electron chi connectivity index (χ0n) is 17.3. The van der Waals surface area contributed by atoms with Gasteiger partial charge in [-0.1, -0.05) is 60.7 Å². The highest BCUT2D eigenvalue weighted by Crippen LogP contribution is 2.35. The maximum Gasteiger partial charge on any atom is 0.319 e. The lowest BCUT2D eigenvalue weighted by Gasteiger charge is -2.20. The lowest BCUT2D eigenvalue weighted by atomic mass is 10.1. The molecule has 0 spiro atoms. The minimum Gasteiger partial charge on any atom is -0.382 e. The highest BCUT2D eigenvalue weighted by atomic mass is 16.2. The molecule has 29 heavy (non-hydrogen) atoms. The normalized spacial score (nSPS) is 11.3. The Morgan fingerprint density at radius 3 is 2.28 bits per heavy atom. The largest absolute Gasteiger partial charge is 0.382 e. The molecule has 0 saturated heterocycles. The number of nitrogen functional groups attached to an aromatic ring is 1. The Morgan fingerprint density at radius 2 is 1.66 bits per heavy atom. The van der Waals surface area contributed by atoms with Crippen LogP contribution in [0.2, 0.25) is 0 Å². The summed E-state index contributed by atoms with van der Waals surface area (Å²) in [4.78, 5) is 12.5. The van der Waals surface area contributed by atoms with E-state index in [1.807, 2.05) is 69.3 Å². The number of hydrogen-bond acceptors (Lipinski definition) is 3. The average Bonchev–Trinajstić information content (AvgIpc) is 3.03. The van der Waals surface area contributed by atoms with Crippen LogP contribution in [0.25, 0.3) is 11.3 Å². The van der Waals surface area contributed by atoms with Crippen molar-refractivity contribution in [2.24, 2.45) is 0 Å². The van der Waals surface area contributed by atoms with Crippen LogP contribution in [0.1, 0.15) is 32.8 Å². The molecule has 0 unspecified atom stereocenters. The molecular formula is C23H29N5O. The Labute approximate surface area is 172 Å². The van der Waals surface area contributed by atoms with Gasteiger partial charge in [0.25, 0.3) is 0 Å². The van der Waals surface area contributed by atoms with Gasteiger partial charge in [0.15, 0.2) is 0 Å². The summed E-state index contributed by atoms with van der Waals surface area (Å²) in [6.07, 6.45) is 1.78. The number of hydrogen-bond donors (Lipinski definition) is 3. The van der Waals surface area contributed by atoms with Gasteiger partial charge in [-0.2, -0.15) is 5.10 Å². The Hall–Kier alpha value is -3.28. The van der Waals surface area contributed by atoms with Crippen LogP contribution in [0.4, 0.5) is 16.3 Å². The summed E-state index contributed by atoms with van der Waals surface area (Å²) in [5.41, 5.74) is 9.42. The molecule has 6 heteroatoms. The van der Waals surface area contributed by atoms with Crippen molar-refractivity contribution in [2.45, 2.75) is 39.2 Å². The van der Waals surface area contributed by atoms with Gasteiger partial charge >= 0.3 is 6.03 Å². The lowest BCUT2D eigenvalue weighted by molar-refractivity contribution is 0.252. The molecule has 0 aliphatic carbocycles. The molecule has 0 aliphatic heterocycles. The molecule has 3 aromatic rings. The molecule has 3 rings (SSSR count). The van der Waals surface area contributed by atoms with E-state index in [0.29, 0.717) is 23.7 Å². The number of nitrogens with zero attached hydrogens (tertiary/aromatic N) is 2. The van der Waals surface area contributed by atoms with E-state index in [1.54, 1.807) is 4.68 Å². The van der Waals surface area contributed by atoms with Gasteiger partial charge in [0, 0.05) is 12.1 Å². The molecule has 0 fully saturated rings. The summed E-state index contributed by atoms with van der Waals surface area (Å²) in [6.45, 7) is 6.66. The van der Waals surface area contributed by atoms with Gasteiger partial charge in [0.2, 0.25) is 0 Å². The second kappa shape index (κ2) is 8.82. The van der Waals surface area contributed by atoms with Crippen molar-refractivity contribution in [1.29, 1.82) is 0 Å². The van der Waals surface area contributed by atoms with Crippen molar-refractivity contribution in [2.75, 3.05) is 17.6 Å². The molecular weight excluding hydrogens is 362 g/mol. The minimum absolute atomic E-state index is 0.282. The molecule has 152 valence electrons. The average molecular weight is 392 g/mol. The van der Waals surface area contributed by atoms with Crippen LogP contribution in [0, 0.1) is 0 Å². The zero-order chi connectivity index (χ0) is 20.9. The van der Waals surface area contributed by atoms with E-state index in [9.17, 15) is 4.79 Å². The summed E-state index contributed by atoms with van der Waals surface area (Å²) < 4.78 is 1.75. The van der Waals surface area contributed by atoms with Crippen molar-refractivity contribution in [3.8, 4) is 11.3 Å². The molecule has 0 saturated carbocycles. The Bertz CT molecular complexity index is 943. The molecule has 4 N–H and O–H groups in total. The fourth-order valence-corrected chi connectivity index (χ4v) is 3.16. The van der Waals surface area contributed by atoms with Crippen molar-refractivity contribution in [3.63, 3.8) is 0 Å². The Morgan fingerprint density at radius 1 is 1.03 bits per heavy atom. The van der Waals surface area contributed by atoms with E-state index in [2.05, 4.69) is 27.9 Å². The monoisotopic (exact) mass is 391 g/mol. The van der Waals surface area contributed by atoms with Crippen LogP contribution in [0.15, 0.2) is 60.7 Å². The molecule has 0 radical (unpaired) electrons. The standard InChI is InChI=1S/C23H29N5O/c1-23(2,3)28-21(24)20(19(27-28)18-14-8-5-9-15-18)26-22(29)25-16-10-13-17-11-6-4-7-12-17/h4-9,11-12,14-15H,10,13,16,24H2,1-3H3,(H2,25,26,29). The molecule has 2 aromatic carbocycles. The number of nitrogens with one attached hydrogen (secondary N) is 2. The molecule has 0 aliphatic rings. The van der Waals surface area contributed by atoms with Crippen molar-refractivity contribution in [1.82, 2.24) is 15.1 Å². The predicted octanol–water partition coefficient (Wildman–Crippen LogP) is 4.64. The maximum absolute atomic E-state index is 12.5. The van der Waals surface area contributed by atoms with Gasteiger partial charge in [-0.25, -0.2) is 9.48 Å². The zero-order valence-corrected chi connectivity index (χ0v) is 17.3. The van der Waals surface area contributed by atoms with E-state index in [1.165, 1.54) is 5.56 Å². The topological polar surface area (TPSA) is 85.0 Å². The second-order valence-electron chi connectivity index (χ2n) is 8.03. The van der Waals surface area contributed by atoms with Crippen LogP contribution < -0.4 is 16.4 Å². The summed E-state index contributed by atoms with van der Waals surface area (Å²) in [5, 5.41) is 10.5. The van der Waals surface area contributed by atoms with Crippen molar-refractivity contribution < 1.29 is 4.79 Å². The number of carbonyl (C=O) groups is 1. The number of aryl methyl sites for hydroxylation is 1. The minimum atomic E-state index is -0.306. The van der Waals surface area contributed by atoms with Crippen LogP contribution >= 0.6 is 0 Å². The van der Waals surface area contributed by atoms with E-state index in [-0.39, 0.29) is 11.6 Å². The van der Waals surface area contributed by atoms with Gasteiger partial charge in [-0.3, -0.25) is 0 Å². The second-order valence-corrected chi connectivity index (χ2v) is 8.03. The van der Waals surface area contributed by atoms with Gasteiger partial charge in [-0.15, -0.1) is 0 Å². The van der Waals surface area contributed by atoms with Gasteiger partial charge in [0.1, 0.15) is 17.2 Å². The molecule has 1 heterocycles. The maximum atomic E-state index is 12.5. The van der Waals surface area contributed by atoms with Gasteiger partial charge < -0.3 is 16.4 Å². The van der Waals surface area contributed by atoms with E-state index >= 15 is 0 Å². The summed E-state index contributed by atoms with van der Waals surface area (Å²) in [7, 11) is 0. The third kappa shape index (κ3) is 5.16. The van der Waals surface area contributed by atoms with Crippen LogP contribution in [-0.4, -0.2) is 22.4 Å². The highest BCUT2D eigenvalue weighted by Gasteiger charge is 2.25. The summed E-state index contributed by atoms with van der Waals surface area (Å²) in [5.74, 6) is 0.441. The molecule has 1 aromatic heterocycles. The Balaban J connectivity index is 1.70. The van der Waals surface area contributed by atoms with E-state index < -0.39 is 0 Å². The number of aromatic nitrogens is 2. The van der Waals surface area contributed by atoms with E-state index in [4.69, 9.17) is 5.73 Å². The van der Waals surface area contributed by atoms with E-state index in [0.717, 1.165) is 18.4 Å². The fraction of sp³-hybridized carbons (Fsp3) is 0.304. The number of anilines is 2. The first-order valence-corrected chi connectivity index (χ1v) is 9.89. The predicted molar refractivity (Wildman–Crippen MR) is 119 cm³/mol. The smallest absolute Gasteiger partial charge is 0.319 e. The Kier molecular flexibility index (Phi) is 6.22. The molecule has 2 amide bonds. The number of amides is 2. The number of urea groups is 1. The molecule has 6 nitrogen and oxygen atoms in total. The molecule has 0 atom stereocenters. The first kappa shape index (κ1) is 20.5. The number of rotatable bonds is 6. The fourth-order valence-electron chi connectivity index (χ4n) is 3.16. The highest BCUT2D eigenvalue weighted by molar-refractivity contribution is 5.97.